The molecule has 1 fully saturated rings. The first-order valence-electron chi connectivity index (χ1n) is 9.36. The van der Waals surface area contributed by atoms with Gasteiger partial charge in [0.1, 0.15) is 5.75 Å². The van der Waals surface area contributed by atoms with Crippen molar-refractivity contribution in [3.8, 4) is 5.75 Å². The fourth-order valence-electron chi connectivity index (χ4n) is 3.38. The van der Waals surface area contributed by atoms with Gasteiger partial charge in [-0.2, -0.15) is 4.31 Å². The molecule has 4 nitrogen and oxygen atoms in total. The van der Waals surface area contributed by atoms with Crippen molar-refractivity contribution >= 4 is 10.0 Å². The molecule has 2 aromatic rings. The SMILES string of the molecule is CCCOc1ccc(S(=O)(=O)N2CCC(Cc3ccccc3)CC2)cc1. The van der Waals surface area contributed by atoms with Crippen LogP contribution in [0.15, 0.2) is 59.5 Å². The van der Waals surface area contributed by atoms with Gasteiger partial charge in [-0.05, 0) is 61.4 Å². The molecule has 0 unspecified atom stereocenters. The molecule has 0 radical (unpaired) electrons. The van der Waals surface area contributed by atoms with Crippen LogP contribution in [-0.2, 0) is 16.4 Å². The molecule has 0 N–H and O–H groups in total. The molecular weight excluding hydrogens is 346 g/mol. The maximum absolute atomic E-state index is 12.9. The van der Waals surface area contributed by atoms with Crippen LogP contribution in [0.4, 0.5) is 0 Å². The maximum atomic E-state index is 12.9. The summed E-state index contributed by atoms with van der Waals surface area (Å²) in [6.45, 7) is 3.86. The first kappa shape index (κ1) is 18.9. The Morgan fingerprint density at radius 3 is 2.27 bits per heavy atom. The number of ether oxygens (including phenoxy) is 1. The highest BCUT2D eigenvalue weighted by Gasteiger charge is 2.29. The summed E-state index contributed by atoms with van der Waals surface area (Å²) < 4.78 is 32.9. The Bertz CT molecular complexity index is 780. The van der Waals surface area contributed by atoms with Crippen molar-refractivity contribution < 1.29 is 13.2 Å². The Morgan fingerprint density at radius 2 is 1.65 bits per heavy atom. The molecule has 5 heteroatoms. The molecule has 1 saturated heterocycles. The zero-order valence-electron chi connectivity index (χ0n) is 15.3. The van der Waals surface area contributed by atoms with Gasteiger partial charge in [0.05, 0.1) is 11.5 Å². The van der Waals surface area contributed by atoms with Crippen LogP contribution in [0.5, 0.6) is 5.75 Å². The van der Waals surface area contributed by atoms with E-state index in [0.29, 0.717) is 36.3 Å². The fraction of sp³-hybridized carbons (Fsp3) is 0.429. The van der Waals surface area contributed by atoms with E-state index in [-0.39, 0.29) is 0 Å². The minimum Gasteiger partial charge on any atom is -0.494 e. The summed E-state index contributed by atoms with van der Waals surface area (Å²) in [5, 5.41) is 0. The number of rotatable bonds is 7. The van der Waals surface area contributed by atoms with Gasteiger partial charge in [0.2, 0.25) is 10.0 Å². The van der Waals surface area contributed by atoms with Crippen LogP contribution in [0.25, 0.3) is 0 Å². The molecule has 0 amide bonds. The number of piperidine rings is 1. The zero-order valence-corrected chi connectivity index (χ0v) is 16.1. The normalized spacial score (nSPS) is 16.5. The summed E-state index contributed by atoms with van der Waals surface area (Å²) in [7, 11) is -3.42. The molecule has 1 aliphatic rings. The van der Waals surface area contributed by atoms with Crippen molar-refractivity contribution in [3.05, 3.63) is 60.2 Å². The second-order valence-corrected chi connectivity index (χ2v) is 8.79. The average Bonchev–Trinajstić information content (AvgIpc) is 2.68. The van der Waals surface area contributed by atoms with Gasteiger partial charge in [0, 0.05) is 13.1 Å². The van der Waals surface area contributed by atoms with Gasteiger partial charge >= 0.3 is 0 Å². The Hall–Kier alpha value is -1.85. The molecule has 0 aromatic heterocycles. The maximum Gasteiger partial charge on any atom is 0.243 e. The van der Waals surface area contributed by atoms with Crippen molar-refractivity contribution in [1.82, 2.24) is 4.31 Å². The highest BCUT2D eigenvalue weighted by Crippen LogP contribution is 2.27. The van der Waals surface area contributed by atoms with Crippen molar-refractivity contribution in [2.24, 2.45) is 5.92 Å². The monoisotopic (exact) mass is 373 g/mol. The van der Waals surface area contributed by atoms with E-state index >= 15 is 0 Å². The van der Waals surface area contributed by atoms with E-state index in [9.17, 15) is 8.42 Å². The molecule has 140 valence electrons. The average molecular weight is 374 g/mol. The van der Waals surface area contributed by atoms with E-state index in [1.54, 1.807) is 28.6 Å². The second-order valence-electron chi connectivity index (χ2n) is 6.86. The van der Waals surface area contributed by atoms with E-state index in [4.69, 9.17) is 4.74 Å². The number of sulfonamides is 1. The number of benzene rings is 2. The minimum atomic E-state index is -3.42. The van der Waals surface area contributed by atoms with Crippen molar-refractivity contribution in [2.75, 3.05) is 19.7 Å². The third-order valence-electron chi connectivity index (χ3n) is 4.88. The van der Waals surface area contributed by atoms with Crippen LogP contribution in [0.2, 0.25) is 0 Å². The predicted octanol–water partition coefficient (Wildman–Crippen LogP) is 4.12. The highest BCUT2D eigenvalue weighted by atomic mass is 32.2. The van der Waals surface area contributed by atoms with Gasteiger partial charge in [-0.15, -0.1) is 0 Å². The molecule has 0 saturated carbocycles. The topological polar surface area (TPSA) is 46.6 Å². The van der Waals surface area contributed by atoms with Crippen LogP contribution in [0, 0.1) is 5.92 Å². The lowest BCUT2D eigenvalue weighted by molar-refractivity contribution is 0.273. The van der Waals surface area contributed by atoms with Gasteiger partial charge in [0.25, 0.3) is 0 Å². The summed E-state index contributed by atoms with van der Waals surface area (Å²) in [6.07, 6.45) is 3.77. The van der Waals surface area contributed by atoms with Gasteiger partial charge in [-0.25, -0.2) is 8.42 Å². The standard InChI is InChI=1S/C21H27NO3S/c1-2-16-25-20-8-10-21(11-9-20)26(23,24)22-14-12-19(13-15-22)17-18-6-4-3-5-7-18/h3-11,19H,2,12-17H2,1H3. The first-order valence-corrected chi connectivity index (χ1v) is 10.8. The van der Waals surface area contributed by atoms with Crippen LogP contribution in [0.3, 0.4) is 0 Å². The lowest BCUT2D eigenvalue weighted by Gasteiger charge is -2.31. The molecule has 3 rings (SSSR count). The minimum absolute atomic E-state index is 0.350. The Kier molecular flexibility index (Phi) is 6.33. The number of hydrogen-bond acceptors (Lipinski definition) is 3. The van der Waals surface area contributed by atoms with Crippen molar-refractivity contribution in [1.29, 1.82) is 0 Å². The predicted molar refractivity (Wildman–Crippen MR) is 104 cm³/mol. The lowest BCUT2D eigenvalue weighted by Crippen LogP contribution is -2.38. The van der Waals surface area contributed by atoms with E-state index in [1.165, 1.54) is 5.56 Å². The molecule has 26 heavy (non-hydrogen) atoms. The van der Waals surface area contributed by atoms with E-state index in [2.05, 4.69) is 24.3 Å². The zero-order chi connectivity index (χ0) is 18.4. The summed E-state index contributed by atoms with van der Waals surface area (Å²) in [5.74, 6) is 1.26. The third-order valence-corrected chi connectivity index (χ3v) is 6.79. The summed E-state index contributed by atoms with van der Waals surface area (Å²) in [4.78, 5) is 0.350. The number of nitrogens with zero attached hydrogens (tertiary/aromatic N) is 1. The largest absolute Gasteiger partial charge is 0.494 e. The fourth-order valence-corrected chi connectivity index (χ4v) is 4.85. The van der Waals surface area contributed by atoms with E-state index in [0.717, 1.165) is 25.7 Å². The molecule has 2 aromatic carbocycles. The Morgan fingerprint density at radius 1 is 1.00 bits per heavy atom. The van der Waals surface area contributed by atoms with Crippen LogP contribution >= 0.6 is 0 Å². The lowest BCUT2D eigenvalue weighted by atomic mass is 9.91. The summed E-state index contributed by atoms with van der Waals surface area (Å²) in [5.41, 5.74) is 1.33. The second kappa shape index (κ2) is 8.69. The Balaban J connectivity index is 1.59. The van der Waals surface area contributed by atoms with Gasteiger partial charge in [-0.3, -0.25) is 0 Å². The van der Waals surface area contributed by atoms with Crippen LogP contribution in [0.1, 0.15) is 31.7 Å². The van der Waals surface area contributed by atoms with E-state index < -0.39 is 10.0 Å². The van der Waals surface area contributed by atoms with Crippen LogP contribution < -0.4 is 4.74 Å². The molecule has 1 heterocycles. The molecular formula is C21H27NO3S. The quantitative estimate of drug-likeness (QED) is 0.733. The molecule has 0 atom stereocenters. The molecule has 1 aliphatic heterocycles. The smallest absolute Gasteiger partial charge is 0.243 e. The van der Waals surface area contributed by atoms with Crippen molar-refractivity contribution in [3.63, 3.8) is 0 Å². The molecule has 0 spiro atoms. The first-order chi connectivity index (χ1) is 12.6. The van der Waals surface area contributed by atoms with Gasteiger partial charge in [0.15, 0.2) is 0 Å². The number of hydrogen-bond donors (Lipinski definition) is 0. The van der Waals surface area contributed by atoms with Gasteiger partial charge in [-0.1, -0.05) is 37.3 Å². The van der Waals surface area contributed by atoms with Gasteiger partial charge < -0.3 is 4.74 Å². The molecule has 0 aliphatic carbocycles. The summed E-state index contributed by atoms with van der Waals surface area (Å²) >= 11 is 0. The highest BCUT2D eigenvalue weighted by molar-refractivity contribution is 7.89. The molecule has 0 bridgehead atoms. The Labute approximate surface area is 156 Å². The van der Waals surface area contributed by atoms with Crippen molar-refractivity contribution in [2.45, 2.75) is 37.5 Å². The van der Waals surface area contributed by atoms with Crippen LogP contribution in [-0.4, -0.2) is 32.4 Å². The third kappa shape index (κ3) is 4.65. The summed E-state index contributed by atoms with van der Waals surface area (Å²) in [6, 6.07) is 17.2. The van der Waals surface area contributed by atoms with E-state index in [1.807, 2.05) is 13.0 Å².